The summed E-state index contributed by atoms with van der Waals surface area (Å²) < 4.78 is 16.9. The lowest BCUT2D eigenvalue weighted by molar-refractivity contribution is -0.220. The average Bonchev–Trinajstić information content (AvgIpc) is 2.48. The fraction of sp³-hybridized carbons (Fsp3) is 0.833. The number of rotatable bonds is 4. The second kappa shape index (κ2) is 4.64. The fourth-order valence-corrected chi connectivity index (χ4v) is 1.40. The molecule has 2 atom stereocenters. The van der Waals surface area contributed by atoms with E-state index in [0.29, 0.717) is 19.8 Å². The molecule has 0 spiro atoms. The highest BCUT2D eigenvalue weighted by Crippen LogP contribution is 2.39. The highest BCUT2D eigenvalue weighted by molar-refractivity contribution is 4.85. The highest BCUT2D eigenvalue weighted by Gasteiger charge is 2.46. The summed E-state index contributed by atoms with van der Waals surface area (Å²) in [7, 11) is 0. The summed E-state index contributed by atoms with van der Waals surface area (Å²) in [6, 6.07) is 0. The minimum Gasteiger partial charge on any atom is -0.375 e. The summed E-state index contributed by atoms with van der Waals surface area (Å²) in [5.74, 6) is -0.505. The second-order valence-corrected chi connectivity index (χ2v) is 5.07. The van der Waals surface area contributed by atoms with E-state index in [4.69, 9.17) is 14.2 Å². The van der Waals surface area contributed by atoms with E-state index >= 15 is 0 Å². The van der Waals surface area contributed by atoms with Gasteiger partial charge in [0, 0.05) is 5.41 Å². The van der Waals surface area contributed by atoms with Crippen molar-refractivity contribution >= 4 is 0 Å². The van der Waals surface area contributed by atoms with E-state index in [1.54, 1.807) is 6.08 Å². The van der Waals surface area contributed by atoms with Crippen molar-refractivity contribution in [2.24, 2.45) is 5.41 Å². The van der Waals surface area contributed by atoms with Gasteiger partial charge >= 0.3 is 0 Å². The molecule has 0 bridgehead atoms. The third kappa shape index (κ3) is 3.03. The Morgan fingerprint density at radius 1 is 1.53 bits per heavy atom. The summed E-state index contributed by atoms with van der Waals surface area (Å²) in [5.41, 5.74) is -0.0276. The van der Waals surface area contributed by atoms with Crippen LogP contribution in [0, 0.1) is 5.41 Å². The maximum absolute atomic E-state index is 5.88. The predicted octanol–water partition coefficient (Wildman–Crippen LogP) is 2.37. The minimum absolute atomic E-state index is 0.0276. The van der Waals surface area contributed by atoms with Gasteiger partial charge in [0.15, 0.2) is 5.79 Å². The first-order chi connectivity index (χ1) is 6.89. The lowest BCUT2D eigenvalue weighted by Crippen LogP contribution is -2.41. The van der Waals surface area contributed by atoms with Crippen LogP contribution >= 0.6 is 0 Å². The molecule has 1 fully saturated rings. The highest BCUT2D eigenvalue weighted by atomic mass is 16.8. The van der Waals surface area contributed by atoms with Crippen LogP contribution in [0.4, 0.5) is 0 Å². The van der Waals surface area contributed by atoms with Gasteiger partial charge in [-0.2, -0.15) is 0 Å². The molecular formula is C12H22O3. The zero-order valence-electron chi connectivity index (χ0n) is 10.2. The van der Waals surface area contributed by atoms with Crippen LogP contribution in [0.25, 0.3) is 0 Å². The van der Waals surface area contributed by atoms with Crippen LogP contribution in [0.1, 0.15) is 27.7 Å². The molecule has 1 heterocycles. The SMILES string of the molecule is C=CCOCC1COC(C)(C(C)(C)C)O1. The molecule has 1 aliphatic heterocycles. The van der Waals surface area contributed by atoms with Crippen LogP contribution in [-0.2, 0) is 14.2 Å². The van der Waals surface area contributed by atoms with E-state index in [-0.39, 0.29) is 11.5 Å². The van der Waals surface area contributed by atoms with Gasteiger partial charge in [0.1, 0.15) is 6.10 Å². The fourth-order valence-electron chi connectivity index (χ4n) is 1.40. The van der Waals surface area contributed by atoms with Gasteiger partial charge in [-0.25, -0.2) is 0 Å². The van der Waals surface area contributed by atoms with E-state index in [1.807, 2.05) is 6.92 Å². The first-order valence-corrected chi connectivity index (χ1v) is 5.39. The van der Waals surface area contributed by atoms with Gasteiger partial charge in [0.25, 0.3) is 0 Å². The third-order valence-corrected chi connectivity index (χ3v) is 2.84. The van der Waals surface area contributed by atoms with Gasteiger partial charge in [0.05, 0.1) is 19.8 Å². The van der Waals surface area contributed by atoms with Crippen molar-refractivity contribution in [1.82, 2.24) is 0 Å². The predicted molar refractivity (Wildman–Crippen MR) is 59.7 cm³/mol. The molecule has 0 saturated carbocycles. The Morgan fingerprint density at radius 2 is 2.20 bits per heavy atom. The molecule has 0 aliphatic carbocycles. The van der Waals surface area contributed by atoms with Crippen LogP contribution in [0.2, 0.25) is 0 Å². The van der Waals surface area contributed by atoms with Crippen LogP contribution < -0.4 is 0 Å². The number of hydrogen-bond donors (Lipinski definition) is 0. The van der Waals surface area contributed by atoms with E-state index in [1.165, 1.54) is 0 Å². The molecule has 3 nitrogen and oxygen atoms in total. The summed E-state index contributed by atoms with van der Waals surface area (Å²) in [6.45, 7) is 13.6. The van der Waals surface area contributed by atoms with Gasteiger partial charge < -0.3 is 14.2 Å². The third-order valence-electron chi connectivity index (χ3n) is 2.84. The normalized spacial score (nSPS) is 31.9. The molecule has 0 radical (unpaired) electrons. The molecule has 1 saturated heterocycles. The first-order valence-electron chi connectivity index (χ1n) is 5.39. The van der Waals surface area contributed by atoms with Gasteiger partial charge in [-0.05, 0) is 6.92 Å². The molecule has 0 N–H and O–H groups in total. The topological polar surface area (TPSA) is 27.7 Å². The van der Waals surface area contributed by atoms with Crippen molar-refractivity contribution in [2.75, 3.05) is 19.8 Å². The molecule has 0 aromatic heterocycles. The molecule has 15 heavy (non-hydrogen) atoms. The summed E-state index contributed by atoms with van der Waals surface area (Å²) in [6.07, 6.45) is 1.77. The zero-order valence-corrected chi connectivity index (χ0v) is 10.2. The Balaban J connectivity index is 2.41. The summed E-state index contributed by atoms with van der Waals surface area (Å²) in [4.78, 5) is 0. The van der Waals surface area contributed by atoms with E-state index in [9.17, 15) is 0 Å². The molecule has 1 aliphatic rings. The standard InChI is InChI=1S/C12H22O3/c1-6-7-13-8-10-9-14-12(5,15-10)11(2,3)4/h6,10H,1,7-9H2,2-5H3. The molecule has 1 rings (SSSR count). The minimum atomic E-state index is -0.505. The first kappa shape index (κ1) is 12.7. The van der Waals surface area contributed by atoms with E-state index in [0.717, 1.165) is 0 Å². The quantitative estimate of drug-likeness (QED) is 0.531. The van der Waals surface area contributed by atoms with Crippen molar-refractivity contribution < 1.29 is 14.2 Å². The molecular weight excluding hydrogens is 192 g/mol. The van der Waals surface area contributed by atoms with Crippen molar-refractivity contribution in [2.45, 2.75) is 39.6 Å². The Kier molecular flexibility index (Phi) is 3.93. The van der Waals surface area contributed by atoms with Crippen molar-refractivity contribution in [3.8, 4) is 0 Å². The van der Waals surface area contributed by atoms with Crippen molar-refractivity contribution in [3.05, 3.63) is 12.7 Å². The lowest BCUT2D eigenvalue weighted by Gasteiger charge is -2.36. The van der Waals surface area contributed by atoms with Crippen LogP contribution in [-0.4, -0.2) is 31.7 Å². The van der Waals surface area contributed by atoms with Gasteiger partial charge in [-0.3, -0.25) is 0 Å². The van der Waals surface area contributed by atoms with Crippen LogP contribution in [0.3, 0.4) is 0 Å². The van der Waals surface area contributed by atoms with Gasteiger partial charge in [0.2, 0.25) is 0 Å². The summed E-state index contributed by atoms with van der Waals surface area (Å²) in [5, 5.41) is 0. The largest absolute Gasteiger partial charge is 0.375 e. The number of ether oxygens (including phenoxy) is 3. The second-order valence-electron chi connectivity index (χ2n) is 5.07. The Bertz CT molecular complexity index is 219. The summed E-state index contributed by atoms with van der Waals surface area (Å²) >= 11 is 0. The molecule has 0 aromatic rings. The Labute approximate surface area is 92.4 Å². The lowest BCUT2D eigenvalue weighted by atomic mass is 9.87. The monoisotopic (exact) mass is 214 g/mol. The molecule has 0 aromatic carbocycles. The molecule has 88 valence electrons. The van der Waals surface area contributed by atoms with E-state index in [2.05, 4.69) is 27.4 Å². The van der Waals surface area contributed by atoms with Crippen LogP contribution in [0.5, 0.6) is 0 Å². The molecule has 0 amide bonds. The van der Waals surface area contributed by atoms with Crippen molar-refractivity contribution in [3.63, 3.8) is 0 Å². The number of hydrogen-bond acceptors (Lipinski definition) is 3. The van der Waals surface area contributed by atoms with Crippen LogP contribution in [0.15, 0.2) is 12.7 Å². The Hall–Kier alpha value is -0.380. The van der Waals surface area contributed by atoms with Gasteiger partial charge in [-0.15, -0.1) is 6.58 Å². The molecule has 3 heteroatoms. The average molecular weight is 214 g/mol. The smallest absolute Gasteiger partial charge is 0.170 e. The Morgan fingerprint density at radius 3 is 2.67 bits per heavy atom. The zero-order chi connectivity index (χ0) is 11.5. The molecule has 2 unspecified atom stereocenters. The van der Waals surface area contributed by atoms with Crippen molar-refractivity contribution in [1.29, 1.82) is 0 Å². The maximum atomic E-state index is 5.88. The van der Waals surface area contributed by atoms with E-state index < -0.39 is 5.79 Å². The van der Waals surface area contributed by atoms with Gasteiger partial charge in [-0.1, -0.05) is 26.8 Å². The maximum Gasteiger partial charge on any atom is 0.170 e.